The molecule has 1 rings (SSSR count). The van der Waals surface area contributed by atoms with Crippen LogP contribution in [-0.2, 0) is 0 Å². The first kappa shape index (κ1) is 6.62. The molecule has 2 atom stereocenters. The van der Waals surface area contributed by atoms with Crippen LogP contribution in [0.2, 0.25) is 0 Å². The third-order valence-corrected chi connectivity index (χ3v) is 1.75. The molecule has 0 radical (unpaired) electrons. The highest BCUT2D eigenvalue weighted by molar-refractivity contribution is 4.95. The minimum absolute atomic E-state index is 0.319. The van der Waals surface area contributed by atoms with Crippen LogP contribution in [0, 0.1) is 5.92 Å². The van der Waals surface area contributed by atoms with E-state index in [-0.39, 0.29) is 0 Å². The third kappa shape index (κ3) is 1.72. The van der Waals surface area contributed by atoms with Gasteiger partial charge in [0.2, 0.25) is 0 Å². The molecule has 0 aromatic heterocycles. The number of rotatable bonds is 4. The van der Waals surface area contributed by atoms with E-state index in [4.69, 9.17) is 5.11 Å². The van der Waals surface area contributed by atoms with Gasteiger partial charge < -0.3 is 10.4 Å². The lowest BCUT2D eigenvalue weighted by atomic mass is 10.3. The molecule has 52 valence electrons. The summed E-state index contributed by atoms with van der Waals surface area (Å²) in [6, 6.07) is 0.606. The lowest BCUT2D eigenvalue weighted by Gasteiger charge is -1.95. The summed E-state index contributed by atoms with van der Waals surface area (Å²) < 4.78 is 0. The lowest BCUT2D eigenvalue weighted by molar-refractivity contribution is 0.278. The molecule has 2 N–H and O–H groups in total. The van der Waals surface area contributed by atoms with Crippen LogP contribution >= 0.6 is 0 Å². The molecule has 0 saturated heterocycles. The quantitative estimate of drug-likeness (QED) is 0.576. The maximum Gasteiger partial charge on any atom is 0.0434 e. The Balaban J connectivity index is 2.02. The van der Waals surface area contributed by atoms with E-state index in [1.165, 1.54) is 6.42 Å². The summed E-state index contributed by atoms with van der Waals surface area (Å²) in [6.07, 6.45) is 3.86. The van der Waals surface area contributed by atoms with Gasteiger partial charge >= 0.3 is 0 Å². The number of aliphatic hydroxyl groups excluding tert-OH is 1. The maximum absolute atomic E-state index is 8.51. The zero-order chi connectivity index (χ0) is 6.69. The molecule has 1 fully saturated rings. The van der Waals surface area contributed by atoms with Gasteiger partial charge in [-0.3, -0.25) is 0 Å². The maximum atomic E-state index is 8.51. The molecule has 9 heavy (non-hydrogen) atoms. The van der Waals surface area contributed by atoms with Crippen LogP contribution in [0.25, 0.3) is 0 Å². The van der Waals surface area contributed by atoms with Crippen molar-refractivity contribution in [3.8, 4) is 0 Å². The SMILES string of the molecule is C=CN[C@H]1CC1CCO. The Kier molecular flexibility index (Phi) is 2.11. The molecule has 0 amide bonds. The van der Waals surface area contributed by atoms with E-state index < -0.39 is 0 Å². The summed E-state index contributed by atoms with van der Waals surface area (Å²) in [4.78, 5) is 0. The predicted molar refractivity (Wildman–Crippen MR) is 36.9 cm³/mol. The summed E-state index contributed by atoms with van der Waals surface area (Å²) >= 11 is 0. The standard InChI is InChI=1S/C7H13NO/c1-2-8-7-5-6(7)3-4-9/h2,6-9H,1,3-5H2/t6?,7-/m0/s1. The molecule has 1 aliphatic carbocycles. The Morgan fingerprint density at radius 1 is 1.78 bits per heavy atom. The number of aliphatic hydroxyl groups is 1. The second-order valence-corrected chi connectivity index (χ2v) is 2.49. The predicted octanol–water partition coefficient (Wildman–Crippen LogP) is 0.490. The molecule has 1 aliphatic rings. The molecule has 0 spiro atoms. The first-order valence-corrected chi connectivity index (χ1v) is 3.36. The average Bonchev–Trinajstić information content (AvgIpc) is 2.50. The largest absolute Gasteiger partial charge is 0.396 e. The summed E-state index contributed by atoms with van der Waals surface area (Å²) in [7, 11) is 0. The topological polar surface area (TPSA) is 32.3 Å². The minimum atomic E-state index is 0.319. The van der Waals surface area contributed by atoms with Crippen molar-refractivity contribution in [2.45, 2.75) is 18.9 Å². The van der Waals surface area contributed by atoms with Gasteiger partial charge in [0.15, 0.2) is 0 Å². The van der Waals surface area contributed by atoms with Crippen molar-refractivity contribution in [3.63, 3.8) is 0 Å². The molecule has 0 aliphatic heterocycles. The molecule has 0 aromatic rings. The van der Waals surface area contributed by atoms with Crippen LogP contribution in [0.3, 0.4) is 0 Å². The van der Waals surface area contributed by atoms with E-state index >= 15 is 0 Å². The highest BCUT2D eigenvalue weighted by Gasteiger charge is 2.34. The molecule has 0 bridgehead atoms. The Morgan fingerprint density at radius 3 is 3.11 bits per heavy atom. The van der Waals surface area contributed by atoms with E-state index in [0.717, 1.165) is 6.42 Å². The lowest BCUT2D eigenvalue weighted by Crippen LogP contribution is -2.09. The number of hydrogen-bond donors (Lipinski definition) is 2. The highest BCUT2D eigenvalue weighted by Crippen LogP contribution is 2.32. The molecular weight excluding hydrogens is 114 g/mol. The Hall–Kier alpha value is -0.500. The van der Waals surface area contributed by atoms with E-state index in [1.807, 2.05) is 0 Å². The van der Waals surface area contributed by atoms with Crippen molar-refractivity contribution >= 4 is 0 Å². The fourth-order valence-electron chi connectivity index (χ4n) is 1.09. The average molecular weight is 127 g/mol. The summed E-state index contributed by atoms with van der Waals surface area (Å²) in [6.45, 7) is 3.88. The van der Waals surface area contributed by atoms with Crippen LogP contribution in [-0.4, -0.2) is 17.8 Å². The molecule has 2 nitrogen and oxygen atoms in total. The summed E-state index contributed by atoms with van der Waals surface area (Å²) in [5.41, 5.74) is 0. The first-order valence-electron chi connectivity index (χ1n) is 3.36. The monoisotopic (exact) mass is 127 g/mol. The second-order valence-electron chi connectivity index (χ2n) is 2.49. The van der Waals surface area contributed by atoms with E-state index in [2.05, 4.69) is 11.9 Å². The van der Waals surface area contributed by atoms with Crippen molar-refractivity contribution in [2.24, 2.45) is 5.92 Å². The molecule has 2 heteroatoms. The molecular formula is C7H13NO. The van der Waals surface area contributed by atoms with Gasteiger partial charge in [-0.1, -0.05) is 6.58 Å². The van der Waals surface area contributed by atoms with Crippen LogP contribution in [0.1, 0.15) is 12.8 Å². The van der Waals surface area contributed by atoms with Gasteiger partial charge in [0.1, 0.15) is 0 Å². The zero-order valence-corrected chi connectivity index (χ0v) is 5.51. The fraction of sp³-hybridized carbons (Fsp3) is 0.714. The number of hydrogen-bond acceptors (Lipinski definition) is 2. The van der Waals surface area contributed by atoms with Gasteiger partial charge in [0, 0.05) is 12.6 Å². The van der Waals surface area contributed by atoms with Crippen molar-refractivity contribution in [2.75, 3.05) is 6.61 Å². The van der Waals surface area contributed by atoms with Gasteiger partial charge in [-0.2, -0.15) is 0 Å². The molecule has 1 saturated carbocycles. The van der Waals surface area contributed by atoms with Gasteiger partial charge in [0.25, 0.3) is 0 Å². The van der Waals surface area contributed by atoms with E-state index in [0.29, 0.717) is 18.6 Å². The van der Waals surface area contributed by atoms with Crippen LogP contribution in [0.4, 0.5) is 0 Å². The van der Waals surface area contributed by atoms with Gasteiger partial charge in [-0.15, -0.1) is 0 Å². The third-order valence-electron chi connectivity index (χ3n) is 1.75. The Bertz CT molecular complexity index is 103. The second kappa shape index (κ2) is 2.87. The Morgan fingerprint density at radius 2 is 2.56 bits per heavy atom. The van der Waals surface area contributed by atoms with E-state index in [1.54, 1.807) is 6.20 Å². The van der Waals surface area contributed by atoms with Crippen LogP contribution in [0.5, 0.6) is 0 Å². The zero-order valence-electron chi connectivity index (χ0n) is 5.51. The van der Waals surface area contributed by atoms with Gasteiger partial charge in [-0.25, -0.2) is 0 Å². The van der Waals surface area contributed by atoms with Crippen LogP contribution in [0.15, 0.2) is 12.8 Å². The van der Waals surface area contributed by atoms with Crippen molar-refractivity contribution < 1.29 is 5.11 Å². The fourth-order valence-corrected chi connectivity index (χ4v) is 1.09. The highest BCUT2D eigenvalue weighted by atomic mass is 16.3. The molecule has 0 heterocycles. The van der Waals surface area contributed by atoms with Crippen molar-refractivity contribution in [3.05, 3.63) is 12.8 Å². The molecule has 1 unspecified atom stereocenters. The Labute approximate surface area is 55.6 Å². The summed E-state index contributed by atoms with van der Waals surface area (Å²) in [5, 5.41) is 11.6. The smallest absolute Gasteiger partial charge is 0.0434 e. The van der Waals surface area contributed by atoms with Gasteiger partial charge in [0.05, 0.1) is 0 Å². The normalized spacial score (nSPS) is 31.7. The summed E-state index contributed by atoms with van der Waals surface area (Å²) in [5.74, 6) is 0.702. The number of nitrogens with one attached hydrogen (secondary N) is 1. The minimum Gasteiger partial charge on any atom is -0.396 e. The van der Waals surface area contributed by atoms with Crippen LogP contribution < -0.4 is 5.32 Å². The van der Waals surface area contributed by atoms with Crippen molar-refractivity contribution in [1.29, 1.82) is 0 Å². The molecule has 0 aromatic carbocycles. The van der Waals surface area contributed by atoms with E-state index in [9.17, 15) is 0 Å². The van der Waals surface area contributed by atoms with Crippen molar-refractivity contribution in [1.82, 2.24) is 5.32 Å². The first-order chi connectivity index (χ1) is 4.38. The van der Waals surface area contributed by atoms with Gasteiger partial charge in [-0.05, 0) is 25.0 Å².